The first-order valence-electron chi connectivity index (χ1n) is 5.41. The molecule has 0 amide bonds. The maximum absolute atomic E-state index is 11.0. The summed E-state index contributed by atoms with van der Waals surface area (Å²) in [7, 11) is 2.83. The highest BCUT2D eigenvalue weighted by molar-refractivity contribution is 5.85. The fourth-order valence-electron chi connectivity index (χ4n) is 2.05. The van der Waals surface area contributed by atoms with E-state index in [-0.39, 0.29) is 23.2 Å². The van der Waals surface area contributed by atoms with Crippen molar-refractivity contribution in [1.29, 1.82) is 0 Å². The van der Waals surface area contributed by atoms with Gasteiger partial charge in [-0.05, 0) is 24.1 Å². The summed E-state index contributed by atoms with van der Waals surface area (Å²) in [5.74, 6) is -0.952. The smallest absolute Gasteiger partial charge is 0.324 e. The van der Waals surface area contributed by atoms with E-state index in [1.807, 2.05) is 0 Å². The van der Waals surface area contributed by atoms with Crippen molar-refractivity contribution >= 4 is 5.97 Å². The number of phenols is 1. The molecule has 0 heterocycles. The molecule has 1 aromatic rings. The van der Waals surface area contributed by atoms with Gasteiger partial charge in [-0.2, -0.15) is 0 Å². The van der Waals surface area contributed by atoms with E-state index in [9.17, 15) is 9.90 Å². The van der Waals surface area contributed by atoms with E-state index < -0.39 is 11.5 Å². The van der Waals surface area contributed by atoms with Gasteiger partial charge in [-0.25, -0.2) is 0 Å². The lowest BCUT2D eigenvalue weighted by atomic mass is 10.1. The van der Waals surface area contributed by atoms with Crippen LogP contribution in [0, 0.1) is 0 Å². The van der Waals surface area contributed by atoms with Gasteiger partial charge in [0.25, 0.3) is 0 Å². The van der Waals surface area contributed by atoms with E-state index in [1.165, 1.54) is 14.2 Å². The van der Waals surface area contributed by atoms with E-state index in [2.05, 4.69) is 0 Å². The van der Waals surface area contributed by atoms with Crippen molar-refractivity contribution in [2.45, 2.75) is 17.9 Å². The second-order valence-electron chi connectivity index (χ2n) is 4.38. The largest absolute Gasteiger partial charge is 0.502 e. The van der Waals surface area contributed by atoms with Gasteiger partial charge in [-0.1, -0.05) is 0 Å². The minimum absolute atomic E-state index is 0.109. The third-order valence-corrected chi connectivity index (χ3v) is 3.31. The van der Waals surface area contributed by atoms with Gasteiger partial charge < -0.3 is 25.4 Å². The molecule has 1 aliphatic rings. The summed E-state index contributed by atoms with van der Waals surface area (Å²) in [4.78, 5) is 11.0. The average molecular weight is 253 g/mol. The molecule has 98 valence electrons. The zero-order valence-corrected chi connectivity index (χ0v) is 10.1. The second-order valence-corrected chi connectivity index (χ2v) is 4.38. The highest BCUT2D eigenvalue weighted by Gasteiger charge is 2.58. The number of carbonyl (C=O) groups is 1. The first kappa shape index (κ1) is 12.5. The first-order chi connectivity index (χ1) is 8.43. The topological polar surface area (TPSA) is 102 Å². The molecule has 0 spiro atoms. The van der Waals surface area contributed by atoms with E-state index >= 15 is 0 Å². The Morgan fingerprint density at radius 1 is 1.39 bits per heavy atom. The Balaban J connectivity index is 2.39. The molecule has 1 fully saturated rings. The second kappa shape index (κ2) is 4.06. The molecule has 2 rings (SSSR count). The van der Waals surface area contributed by atoms with Crippen LogP contribution in [0.3, 0.4) is 0 Å². The molecule has 0 unspecified atom stereocenters. The number of carboxylic acid groups (broad SMARTS) is 1. The predicted octanol–water partition coefficient (Wildman–Crippen LogP) is 0.679. The van der Waals surface area contributed by atoms with Crippen LogP contribution in [0.1, 0.15) is 17.9 Å². The molecular weight excluding hydrogens is 238 g/mol. The van der Waals surface area contributed by atoms with Crippen molar-refractivity contribution in [1.82, 2.24) is 0 Å². The summed E-state index contributed by atoms with van der Waals surface area (Å²) in [6.07, 6.45) is 0.361. The van der Waals surface area contributed by atoms with Crippen LogP contribution in [0.4, 0.5) is 0 Å². The third kappa shape index (κ3) is 1.74. The summed E-state index contributed by atoms with van der Waals surface area (Å²) in [6, 6.07) is 3.17. The zero-order valence-electron chi connectivity index (χ0n) is 10.1. The number of benzene rings is 1. The molecule has 1 aromatic carbocycles. The molecular formula is C12H15NO5. The van der Waals surface area contributed by atoms with Gasteiger partial charge in [-0.3, -0.25) is 4.79 Å². The molecule has 2 atom stereocenters. The Kier molecular flexibility index (Phi) is 2.82. The van der Waals surface area contributed by atoms with Crippen LogP contribution < -0.4 is 15.2 Å². The highest BCUT2D eigenvalue weighted by Crippen LogP contribution is 2.52. The van der Waals surface area contributed by atoms with Crippen molar-refractivity contribution in [3.8, 4) is 17.2 Å². The Morgan fingerprint density at radius 2 is 1.89 bits per heavy atom. The SMILES string of the molecule is COc1cc([C@H]2C[C@@]2(N)C(=O)O)cc(OC)c1O. The molecule has 6 nitrogen and oxygen atoms in total. The number of ether oxygens (including phenoxy) is 2. The van der Waals surface area contributed by atoms with E-state index in [0.717, 1.165) is 0 Å². The monoisotopic (exact) mass is 253 g/mol. The van der Waals surface area contributed by atoms with Gasteiger partial charge >= 0.3 is 5.97 Å². The Morgan fingerprint density at radius 3 is 2.22 bits per heavy atom. The number of rotatable bonds is 4. The van der Waals surface area contributed by atoms with Crippen LogP contribution in [0.5, 0.6) is 17.2 Å². The van der Waals surface area contributed by atoms with Crippen molar-refractivity contribution in [3.05, 3.63) is 17.7 Å². The minimum atomic E-state index is -1.23. The van der Waals surface area contributed by atoms with Gasteiger partial charge in [0.05, 0.1) is 14.2 Å². The molecule has 0 aromatic heterocycles. The zero-order chi connectivity index (χ0) is 13.5. The number of aromatic hydroxyl groups is 1. The van der Waals surface area contributed by atoms with Crippen LogP contribution in [-0.4, -0.2) is 35.9 Å². The normalized spacial score (nSPS) is 25.6. The molecule has 0 radical (unpaired) electrons. The van der Waals surface area contributed by atoms with Crippen molar-refractivity contribution in [2.24, 2.45) is 5.73 Å². The molecule has 4 N–H and O–H groups in total. The van der Waals surface area contributed by atoms with Crippen LogP contribution in [0.2, 0.25) is 0 Å². The van der Waals surface area contributed by atoms with Crippen LogP contribution in [-0.2, 0) is 4.79 Å². The fraction of sp³-hybridized carbons (Fsp3) is 0.417. The van der Waals surface area contributed by atoms with Gasteiger partial charge in [-0.15, -0.1) is 0 Å². The average Bonchev–Trinajstić information content (AvgIpc) is 3.03. The maximum Gasteiger partial charge on any atom is 0.324 e. The number of hydrogen-bond acceptors (Lipinski definition) is 5. The highest BCUT2D eigenvalue weighted by atomic mass is 16.5. The Bertz CT molecular complexity index is 476. The number of methoxy groups -OCH3 is 2. The molecule has 1 saturated carbocycles. The lowest BCUT2D eigenvalue weighted by molar-refractivity contribution is -0.139. The van der Waals surface area contributed by atoms with Crippen LogP contribution in [0.15, 0.2) is 12.1 Å². The standard InChI is InChI=1S/C12H15NO5/c1-17-8-3-6(4-9(18-2)10(8)14)7-5-12(7,13)11(15)16/h3-4,7,14H,5,13H2,1-2H3,(H,15,16)/t7-,12+/m1/s1. The minimum Gasteiger partial charge on any atom is -0.502 e. The summed E-state index contributed by atoms with van der Waals surface area (Å²) in [5, 5.41) is 18.8. The number of phenolic OH excluding ortho intramolecular Hbond substituents is 1. The van der Waals surface area contributed by atoms with Gasteiger partial charge in [0.15, 0.2) is 11.5 Å². The molecule has 18 heavy (non-hydrogen) atoms. The Hall–Kier alpha value is -1.95. The molecule has 6 heteroatoms. The summed E-state index contributed by atoms with van der Waals surface area (Å²) in [6.45, 7) is 0. The van der Waals surface area contributed by atoms with Crippen molar-refractivity contribution in [3.63, 3.8) is 0 Å². The van der Waals surface area contributed by atoms with Crippen LogP contribution in [0.25, 0.3) is 0 Å². The van der Waals surface area contributed by atoms with Crippen molar-refractivity contribution < 1.29 is 24.5 Å². The quantitative estimate of drug-likeness (QED) is 0.729. The molecule has 0 saturated heterocycles. The van der Waals surface area contributed by atoms with E-state index in [0.29, 0.717) is 12.0 Å². The van der Waals surface area contributed by atoms with Gasteiger partial charge in [0.1, 0.15) is 5.54 Å². The van der Waals surface area contributed by atoms with Crippen LogP contribution >= 0.6 is 0 Å². The summed E-state index contributed by atoms with van der Waals surface area (Å²) < 4.78 is 10.0. The first-order valence-corrected chi connectivity index (χ1v) is 5.41. The lowest BCUT2D eigenvalue weighted by Gasteiger charge is -2.12. The summed E-state index contributed by atoms with van der Waals surface area (Å²) in [5.41, 5.74) is 5.20. The molecule has 1 aliphatic carbocycles. The number of aliphatic carboxylic acids is 1. The Labute approximate surface area is 104 Å². The maximum atomic E-state index is 11.0. The summed E-state index contributed by atoms with van der Waals surface area (Å²) >= 11 is 0. The number of nitrogens with two attached hydrogens (primary N) is 1. The third-order valence-electron chi connectivity index (χ3n) is 3.31. The van der Waals surface area contributed by atoms with E-state index in [4.69, 9.17) is 20.3 Å². The number of carboxylic acids is 1. The number of hydrogen-bond donors (Lipinski definition) is 3. The molecule has 0 bridgehead atoms. The van der Waals surface area contributed by atoms with Gasteiger partial charge in [0, 0.05) is 5.92 Å². The lowest BCUT2D eigenvalue weighted by Crippen LogP contribution is -2.34. The van der Waals surface area contributed by atoms with E-state index in [1.54, 1.807) is 12.1 Å². The fourth-order valence-corrected chi connectivity index (χ4v) is 2.05. The van der Waals surface area contributed by atoms with Gasteiger partial charge in [0.2, 0.25) is 5.75 Å². The predicted molar refractivity (Wildman–Crippen MR) is 63.1 cm³/mol. The molecule has 0 aliphatic heterocycles. The van der Waals surface area contributed by atoms with Crippen molar-refractivity contribution in [2.75, 3.05) is 14.2 Å².